The van der Waals surface area contributed by atoms with Crippen LogP contribution in [0.4, 0.5) is 11.8 Å². The molecule has 2 aromatic rings. The second kappa shape index (κ2) is 8.04. The van der Waals surface area contributed by atoms with E-state index in [1.54, 1.807) is 0 Å². The van der Waals surface area contributed by atoms with Crippen molar-refractivity contribution in [2.75, 3.05) is 30.3 Å². The van der Waals surface area contributed by atoms with Gasteiger partial charge < -0.3 is 16.0 Å². The van der Waals surface area contributed by atoms with Gasteiger partial charge in [-0.1, -0.05) is 0 Å². The molecule has 1 amide bonds. The van der Waals surface area contributed by atoms with Gasteiger partial charge in [-0.15, -0.1) is 0 Å². The molecule has 0 aliphatic heterocycles. The Morgan fingerprint density at radius 1 is 1.21 bits per heavy atom. The summed E-state index contributed by atoms with van der Waals surface area (Å²) in [5.41, 5.74) is 0.779. The highest BCUT2D eigenvalue weighted by atomic mass is 16.2. The van der Waals surface area contributed by atoms with Crippen LogP contribution < -0.4 is 21.5 Å². The molecule has 0 unspecified atom stereocenters. The van der Waals surface area contributed by atoms with Crippen LogP contribution in [0.3, 0.4) is 0 Å². The number of rotatable bonds is 7. The first-order valence-electron chi connectivity index (χ1n) is 7.65. The monoisotopic (exact) mass is 331 g/mol. The van der Waals surface area contributed by atoms with Crippen molar-refractivity contribution < 1.29 is 4.79 Å². The van der Waals surface area contributed by atoms with E-state index in [0.717, 1.165) is 22.7 Å². The number of carbonyl (C=O) groups excluding carboxylic acids is 1. The maximum atomic E-state index is 12.0. The first-order valence-corrected chi connectivity index (χ1v) is 7.65. The topological polar surface area (TPSA) is 114 Å². The van der Waals surface area contributed by atoms with Crippen LogP contribution in [0, 0.1) is 6.92 Å². The quantitative estimate of drug-likeness (QED) is 0.619. The number of nitrogens with one attached hydrogen (secondary N) is 3. The van der Waals surface area contributed by atoms with Crippen LogP contribution in [-0.4, -0.2) is 45.3 Å². The minimum absolute atomic E-state index is 0.193. The molecule has 0 aromatic carbocycles. The summed E-state index contributed by atoms with van der Waals surface area (Å²) in [6.45, 7) is 5.50. The molecular weight excluding hydrogens is 310 g/mol. The molecule has 0 saturated heterocycles. The van der Waals surface area contributed by atoms with E-state index in [9.17, 15) is 9.59 Å². The molecule has 0 aliphatic rings. The molecule has 0 spiro atoms. The SMILES string of the molecule is CCNc1cc(C)nc(NCCNC(=O)c2ccc(=O)n(C)n2)n1. The summed E-state index contributed by atoms with van der Waals surface area (Å²) in [5.74, 6) is 0.914. The number of amides is 1. The van der Waals surface area contributed by atoms with E-state index in [1.807, 2.05) is 19.9 Å². The molecule has 0 radical (unpaired) electrons. The molecule has 24 heavy (non-hydrogen) atoms. The average Bonchev–Trinajstić information content (AvgIpc) is 2.54. The predicted molar refractivity (Wildman–Crippen MR) is 91.2 cm³/mol. The van der Waals surface area contributed by atoms with Crippen molar-refractivity contribution >= 4 is 17.7 Å². The summed E-state index contributed by atoms with van der Waals surface area (Å²) in [5, 5.41) is 12.8. The molecular formula is C15H21N7O2. The zero-order valence-electron chi connectivity index (χ0n) is 14.0. The third-order valence-corrected chi connectivity index (χ3v) is 3.10. The maximum Gasteiger partial charge on any atom is 0.271 e. The number of hydrogen-bond acceptors (Lipinski definition) is 7. The molecule has 0 aliphatic carbocycles. The van der Waals surface area contributed by atoms with Crippen molar-refractivity contribution in [3.8, 4) is 0 Å². The lowest BCUT2D eigenvalue weighted by atomic mass is 10.3. The minimum atomic E-state index is -0.342. The van der Waals surface area contributed by atoms with Crippen LogP contribution in [0.15, 0.2) is 23.0 Å². The lowest BCUT2D eigenvalue weighted by Crippen LogP contribution is -2.31. The summed E-state index contributed by atoms with van der Waals surface area (Å²) in [6, 6.07) is 4.57. The molecule has 9 heteroatoms. The van der Waals surface area contributed by atoms with E-state index in [2.05, 4.69) is 31.0 Å². The molecule has 128 valence electrons. The van der Waals surface area contributed by atoms with Gasteiger partial charge in [0.2, 0.25) is 5.95 Å². The Morgan fingerprint density at radius 3 is 2.71 bits per heavy atom. The van der Waals surface area contributed by atoms with E-state index in [4.69, 9.17) is 0 Å². The van der Waals surface area contributed by atoms with Crippen molar-refractivity contribution in [1.29, 1.82) is 0 Å². The molecule has 2 aromatic heterocycles. The smallest absolute Gasteiger partial charge is 0.271 e. The number of carbonyl (C=O) groups is 1. The van der Waals surface area contributed by atoms with Gasteiger partial charge in [-0.2, -0.15) is 10.1 Å². The van der Waals surface area contributed by atoms with Crippen LogP contribution in [0.25, 0.3) is 0 Å². The van der Waals surface area contributed by atoms with Crippen molar-refractivity contribution in [3.05, 3.63) is 39.9 Å². The first kappa shape index (κ1) is 17.4. The van der Waals surface area contributed by atoms with Gasteiger partial charge in [0.25, 0.3) is 11.5 Å². The second-order valence-electron chi connectivity index (χ2n) is 5.11. The Balaban J connectivity index is 1.85. The second-order valence-corrected chi connectivity index (χ2v) is 5.11. The third kappa shape index (κ3) is 4.77. The van der Waals surface area contributed by atoms with Crippen LogP contribution in [0.2, 0.25) is 0 Å². The molecule has 3 N–H and O–H groups in total. The summed E-state index contributed by atoms with van der Waals surface area (Å²) < 4.78 is 1.12. The molecule has 0 bridgehead atoms. The van der Waals surface area contributed by atoms with Gasteiger partial charge in [-0.25, -0.2) is 9.67 Å². The first-order chi connectivity index (χ1) is 11.5. The molecule has 9 nitrogen and oxygen atoms in total. The molecule has 0 saturated carbocycles. The number of aryl methyl sites for hydroxylation is 2. The standard InChI is InChI=1S/C15H21N7O2/c1-4-16-12-9-10(2)19-15(20-12)18-8-7-17-14(24)11-5-6-13(23)22(3)21-11/h5-6,9H,4,7-8H2,1-3H3,(H,17,24)(H2,16,18,19,20). The van der Waals surface area contributed by atoms with E-state index in [-0.39, 0.29) is 17.2 Å². The van der Waals surface area contributed by atoms with Crippen LogP contribution in [0.5, 0.6) is 0 Å². The maximum absolute atomic E-state index is 12.0. The summed E-state index contributed by atoms with van der Waals surface area (Å²) in [4.78, 5) is 31.8. The lowest BCUT2D eigenvalue weighted by Gasteiger charge is -2.09. The fourth-order valence-corrected chi connectivity index (χ4v) is 1.98. The van der Waals surface area contributed by atoms with Gasteiger partial charge in [-0.3, -0.25) is 9.59 Å². The fourth-order valence-electron chi connectivity index (χ4n) is 1.98. The Kier molecular flexibility index (Phi) is 5.83. The normalized spacial score (nSPS) is 10.3. The Morgan fingerprint density at radius 2 is 2.00 bits per heavy atom. The highest BCUT2D eigenvalue weighted by Gasteiger charge is 2.08. The number of anilines is 2. The van der Waals surface area contributed by atoms with Gasteiger partial charge in [0.1, 0.15) is 11.5 Å². The van der Waals surface area contributed by atoms with Gasteiger partial charge >= 0.3 is 0 Å². The van der Waals surface area contributed by atoms with Gasteiger partial charge in [-0.05, 0) is 19.9 Å². The Hall–Kier alpha value is -2.97. The van der Waals surface area contributed by atoms with Crippen LogP contribution in [0.1, 0.15) is 23.1 Å². The highest BCUT2D eigenvalue weighted by molar-refractivity contribution is 5.91. The molecule has 2 rings (SSSR count). The van der Waals surface area contributed by atoms with Crippen LogP contribution in [-0.2, 0) is 7.05 Å². The van der Waals surface area contributed by atoms with Crippen molar-refractivity contribution in [1.82, 2.24) is 25.1 Å². The Labute approximate surface area is 139 Å². The van der Waals surface area contributed by atoms with E-state index in [0.29, 0.717) is 19.0 Å². The molecule has 2 heterocycles. The van der Waals surface area contributed by atoms with E-state index in [1.165, 1.54) is 19.2 Å². The fraction of sp³-hybridized carbons (Fsp3) is 0.400. The zero-order chi connectivity index (χ0) is 17.5. The van der Waals surface area contributed by atoms with Gasteiger partial charge in [0, 0.05) is 44.5 Å². The summed E-state index contributed by atoms with van der Waals surface area (Å²) >= 11 is 0. The largest absolute Gasteiger partial charge is 0.370 e. The molecule has 0 atom stereocenters. The third-order valence-electron chi connectivity index (χ3n) is 3.10. The summed E-state index contributed by atoms with van der Waals surface area (Å²) in [7, 11) is 1.50. The van der Waals surface area contributed by atoms with Gasteiger partial charge in [0.05, 0.1) is 0 Å². The van der Waals surface area contributed by atoms with Gasteiger partial charge in [0.15, 0.2) is 0 Å². The summed E-state index contributed by atoms with van der Waals surface area (Å²) in [6.07, 6.45) is 0. The lowest BCUT2D eigenvalue weighted by molar-refractivity contribution is 0.0948. The highest BCUT2D eigenvalue weighted by Crippen LogP contribution is 2.08. The predicted octanol–water partition coefficient (Wildman–Crippen LogP) is 0.152. The average molecular weight is 331 g/mol. The van der Waals surface area contributed by atoms with Crippen molar-refractivity contribution in [3.63, 3.8) is 0 Å². The Bertz CT molecular complexity index is 773. The van der Waals surface area contributed by atoms with Crippen molar-refractivity contribution in [2.24, 2.45) is 7.05 Å². The number of hydrogen-bond donors (Lipinski definition) is 3. The van der Waals surface area contributed by atoms with E-state index < -0.39 is 0 Å². The van der Waals surface area contributed by atoms with E-state index >= 15 is 0 Å². The number of nitrogens with zero attached hydrogens (tertiary/aromatic N) is 4. The minimum Gasteiger partial charge on any atom is -0.370 e. The molecule has 0 fully saturated rings. The van der Waals surface area contributed by atoms with Crippen molar-refractivity contribution in [2.45, 2.75) is 13.8 Å². The zero-order valence-corrected chi connectivity index (χ0v) is 14.0. The number of aromatic nitrogens is 4. The van der Waals surface area contributed by atoms with Crippen LogP contribution >= 0.6 is 0 Å².